The molecule has 2 aromatic rings. The monoisotopic (exact) mass is 508 g/mol. The number of aromatic nitrogens is 3. The van der Waals surface area contributed by atoms with E-state index in [1.54, 1.807) is 0 Å². The molecule has 7 nitrogen and oxygen atoms in total. The Bertz CT molecular complexity index is 1140. The highest BCUT2D eigenvalue weighted by molar-refractivity contribution is 5.96. The second-order valence-corrected chi connectivity index (χ2v) is 12.6. The highest BCUT2D eigenvalue weighted by Crippen LogP contribution is 2.36. The highest BCUT2D eigenvalue weighted by Gasteiger charge is 2.40. The molecule has 0 radical (unpaired) electrons. The van der Waals surface area contributed by atoms with Crippen LogP contribution in [0.2, 0.25) is 0 Å². The fraction of sp³-hybridized carbons (Fsp3) is 0.700. The van der Waals surface area contributed by atoms with Gasteiger partial charge in [0.1, 0.15) is 5.60 Å². The van der Waals surface area contributed by atoms with Crippen LogP contribution in [0.5, 0.6) is 0 Å². The molecule has 37 heavy (non-hydrogen) atoms. The van der Waals surface area contributed by atoms with Gasteiger partial charge >= 0.3 is 6.09 Å². The summed E-state index contributed by atoms with van der Waals surface area (Å²) >= 11 is 0. The van der Waals surface area contributed by atoms with Crippen LogP contribution in [-0.2, 0) is 24.1 Å². The lowest BCUT2D eigenvalue weighted by atomic mass is 9.87. The minimum atomic E-state index is -0.565. The molecule has 2 heterocycles. The minimum Gasteiger partial charge on any atom is -0.442 e. The van der Waals surface area contributed by atoms with Crippen LogP contribution in [0.15, 0.2) is 12.3 Å². The van der Waals surface area contributed by atoms with E-state index in [1.165, 1.54) is 48.9 Å². The van der Waals surface area contributed by atoms with Crippen LogP contribution in [0, 0.1) is 19.8 Å². The molecular weight excluding hydrogens is 464 g/mol. The van der Waals surface area contributed by atoms with E-state index in [0.717, 1.165) is 67.1 Å². The van der Waals surface area contributed by atoms with Crippen molar-refractivity contribution >= 4 is 12.0 Å². The Morgan fingerprint density at radius 1 is 1.05 bits per heavy atom. The summed E-state index contributed by atoms with van der Waals surface area (Å²) in [6, 6.07) is 2.57. The summed E-state index contributed by atoms with van der Waals surface area (Å²) < 4.78 is 9.21. The van der Waals surface area contributed by atoms with Gasteiger partial charge in [-0.05, 0) is 90.7 Å². The van der Waals surface area contributed by atoms with Gasteiger partial charge in [-0.2, -0.15) is 9.78 Å². The summed E-state index contributed by atoms with van der Waals surface area (Å²) in [5.74, 6) is 1.00. The van der Waals surface area contributed by atoms with Crippen LogP contribution in [0.1, 0.15) is 112 Å². The zero-order chi connectivity index (χ0) is 26.3. The third-order valence-corrected chi connectivity index (χ3v) is 8.49. The van der Waals surface area contributed by atoms with Gasteiger partial charge in [0.2, 0.25) is 0 Å². The Morgan fingerprint density at radius 2 is 1.78 bits per heavy atom. The second kappa shape index (κ2) is 10.3. The number of ether oxygens (including phenoxy) is 1. The average Bonchev–Trinajstić information content (AvgIpc) is 3.51. The fourth-order valence-electron chi connectivity index (χ4n) is 6.40. The van der Waals surface area contributed by atoms with Gasteiger partial charge in [0.25, 0.3) is 5.91 Å². The summed E-state index contributed by atoms with van der Waals surface area (Å²) in [5.41, 5.74) is 4.60. The molecule has 0 spiro atoms. The van der Waals surface area contributed by atoms with E-state index >= 15 is 0 Å². The van der Waals surface area contributed by atoms with E-state index in [9.17, 15) is 9.59 Å². The van der Waals surface area contributed by atoms with Crippen molar-refractivity contribution in [1.29, 1.82) is 0 Å². The minimum absolute atomic E-state index is 0.133. The van der Waals surface area contributed by atoms with Crippen LogP contribution in [0.4, 0.5) is 4.79 Å². The number of hydrogen-bond donors (Lipinski definition) is 0. The first-order valence-corrected chi connectivity index (χ1v) is 14.4. The average molecular weight is 509 g/mol. The Morgan fingerprint density at radius 3 is 2.46 bits per heavy atom. The predicted octanol–water partition coefficient (Wildman–Crippen LogP) is 6.22. The molecule has 202 valence electrons. The number of fused-ring (bicyclic) bond motifs is 1. The number of hydrogen-bond acceptors (Lipinski definition) is 4. The molecule has 1 amide bonds. The molecular formula is C30H44N4O3. The Balaban J connectivity index is 1.30. The summed E-state index contributed by atoms with van der Waals surface area (Å²) in [5, 5.41) is 4.52. The van der Waals surface area contributed by atoms with E-state index in [4.69, 9.17) is 4.74 Å². The van der Waals surface area contributed by atoms with Crippen molar-refractivity contribution in [1.82, 2.24) is 19.2 Å². The van der Waals surface area contributed by atoms with Gasteiger partial charge in [0.15, 0.2) is 0 Å². The van der Waals surface area contributed by atoms with Gasteiger partial charge in [-0.25, -0.2) is 4.79 Å². The van der Waals surface area contributed by atoms with E-state index in [1.807, 2.05) is 27.0 Å². The largest absolute Gasteiger partial charge is 0.442 e. The zero-order valence-electron chi connectivity index (χ0n) is 23.4. The summed E-state index contributed by atoms with van der Waals surface area (Å²) in [6.45, 7) is 10.8. The first-order valence-electron chi connectivity index (χ1n) is 14.4. The zero-order valence-corrected chi connectivity index (χ0v) is 23.4. The quantitative estimate of drug-likeness (QED) is 0.465. The van der Waals surface area contributed by atoms with Gasteiger partial charge < -0.3 is 14.2 Å². The van der Waals surface area contributed by atoms with E-state index in [0.29, 0.717) is 6.04 Å². The number of amides is 1. The molecule has 2 fully saturated rings. The number of rotatable bonds is 6. The molecule has 3 aliphatic carbocycles. The van der Waals surface area contributed by atoms with Crippen LogP contribution in [0.25, 0.3) is 0 Å². The van der Waals surface area contributed by atoms with Crippen LogP contribution in [0.3, 0.4) is 0 Å². The molecule has 0 saturated heterocycles. The van der Waals surface area contributed by atoms with Gasteiger partial charge in [0.05, 0.1) is 11.3 Å². The van der Waals surface area contributed by atoms with Crippen molar-refractivity contribution in [3.63, 3.8) is 0 Å². The van der Waals surface area contributed by atoms with E-state index in [2.05, 4.69) is 34.5 Å². The molecule has 5 rings (SSSR count). The lowest BCUT2D eigenvalue weighted by Crippen LogP contribution is -2.45. The number of carbonyl (C=O) groups is 2. The SMILES string of the molecule is Cc1cc(C(=O)N(C2CC2)C2CCc3nn(C(=O)OC(C)(C)C)cc3C2)c(C)n1CCC1CCCCC1. The molecule has 7 heteroatoms. The second-order valence-electron chi connectivity index (χ2n) is 12.6. The van der Waals surface area contributed by atoms with Crippen molar-refractivity contribution in [3.05, 3.63) is 40.5 Å². The Kier molecular flexibility index (Phi) is 7.25. The van der Waals surface area contributed by atoms with Crippen LogP contribution >= 0.6 is 0 Å². The summed E-state index contributed by atoms with van der Waals surface area (Å²) in [6.07, 6.45) is 13.9. The summed E-state index contributed by atoms with van der Waals surface area (Å²) in [4.78, 5) is 28.7. The molecule has 0 aromatic carbocycles. The summed E-state index contributed by atoms with van der Waals surface area (Å²) in [7, 11) is 0. The molecule has 3 aliphatic rings. The van der Waals surface area contributed by atoms with Crippen molar-refractivity contribution in [2.24, 2.45) is 5.92 Å². The lowest BCUT2D eigenvalue weighted by Gasteiger charge is -2.34. The van der Waals surface area contributed by atoms with Crippen molar-refractivity contribution < 1.29 is 14.3 Å². The van der Waals surface area contributed by atoms with E-state index in [-0.39, 0.29) is 11.9 Å². The maximum absolute atomic E-state index is 14.0. The third kappa shape index (κ3) is 5.80. The number of nitrogens with zero attached hydrogens (tertiary/aromatic N) is 4. The van der Waals surface area contributed by atoms with Crippen molar-refractivity contribution in [3.8, 4) is 0 Å². The van der Waals surface area contributed by atoms with Crippen molar-refractivity contribution in [2.75, 3.05) is 0 Å². The topological polar surface area (TPSA) is 69.4 Å². The molecule has 2 saturated carbocycles. The normalized spacial score (nSPS) is 20.5. The molecule has 0 bridgehead atoms. The fourth-order valence-corrected chi connectivity index (χ4v) is 6.40. The molecule has 2 aromatic heterocycles. The van der Waals surface area contributed by atoms with Gasteiger partial charge in [-0.15, -0.1) is 0 Å². The van der Waals surface area contributed by atoms with Crippen LogP contribution in [-0.4, -0.2) is 48.9 Å². The molecule has 1 unspecified atom stereocenters. The van der Waals surface area contributed by atoms with E-state index < -0.39 is 11.7 Å². The number of aryl methyl sites for hydroxylation is 2. The highest BCUT2D eigenvalue weighted by atomic mass is 16.6. The van der Waals surface area contributed by atoms with Gasteiger partial charge in [-0.3, -0.25) is 4.79 Å². The first-order chi connectivity index (χ1) is 17.6. The van der Waals surface area contributed by atoms with Gasteiger partial charge in [0, 0.05) is 36.2 Å². The smallest absolute Gasteiger partial charge is 0.435 e. The maximum atomic E-state index is 14.0. The lowest BCUT2D eigenvalue weighted by molar-refractivity contribution is 0.0513. The first kappa shape index (κ1) is 26.1. The predicted molar refractivity (Wildman–Crippen MR) is 144 cm³/mol. The molecule has 0 N–H and O–H groups in total. The Labute approximate surface area is 221 Å². The standard InChI is InChI=1S/C30H44N4O3/c1-20-17-26(21(2)32(20)16-15-22-9-7-6-8-10-22)28(35)34(24-11-12-24)25-13-14-27-23(18-25)19-33(31-27)29(36)37-30(3,4)5/h17,19,22,24-25H,6-16,18H2,1-5H3. The van der Waals surface area contributed by atoms with Gasteiger partial charge in [-0.1, -0.05) is 32.1 Å². The van der Waals surface area contributed by atoms with Crippen molar-refractivity contribution in [2.45, 2.75) is 129 Å². The maximum Gasteiger partial charge on any atom is 0.435 e. The molecule has 0 aliphatic heterocycles. The Hall–Kier alpha value is -2.57. The number of carbonyl (C=O) groups excluding carboxylic acids is 2. The third-order valence-electron chi connectivity index (χ3n) is 8.49. The molecule has 1 atom stereocenters. The van der Waals surface area contributed by atoms with Crippen LogP contribution < -0.4 is 0 Å².